The summed E-state index contributed by atoms with van der Waals surface area (Å²) < 4.78 is 0. The molecule has 1 heterocycles. The highest BCUT2D eigenvalue weighted by atomic mass is 35.5. The summed E-state index contributed by atoms with van der Waals surface area (Å²) in [6, 6.07) is 10.9. The van der Waals surface area contributed by atoms with Gasteiger partial charge >= 0.3 is 5.43 Å². The van der Waals surface area contributed by atoms with E-state index in [1.54, 1.807) is 5.06 Å². The fourth-order valence-electron chi connectivity index (χ4n) is 4.19. The predicted octanol–water partition coefficient (Wildman–Crippen LogP) is 4.96. The smallest absolute Gasteiger partial charge is 0.355 e. The van der Waals surface area contributed by atoms with Gasteiger partial charge in [0.15, 0.2) is 0 Å². The van der Waals surface area contributed by atoms with E-state index in [9.17, 15) is 4.79 Å². The summed E-state index contributed by atoms with van der Waals surface area (Å²) in [7, 11) is 0. The van der Waals surface area contributed by atoms with Crippen molar-refractivity contribution in [2.24, 2.45) is 11.8 Å². The Bertz CT molecular complexity index is 477. The van der Waals surface area contributed by atoms with E-state index in [4.69, 9.17) is 16.4 Å². The van der Waals surface area contributed by atoms with E-state index in [1.165, 1.54) is 31.2 Å². The molecular formula is C18H24ClNO2. The molecule has 1 saturated heterocycles. The lowest BCUT2D eigenvalue weighted by Gasteiger charge is -2.38. The largest absolute Gasteiger partial charge is 0.422 e. The van der Waals surface area contributed by atoms with Crippen molar-refractivity contribution in [1.82, 2.24) is 5.06 Å². The first-order valence-electron chi connectivity index (χ1n) is 8.39. The van der Waals surface area contributed by atoms with Crippen LogP contribution in [0.1, 0.15) is 50.0 Å². The van der Waals surface area contributed by atoms with Crippen LogP contribution in [0.4, 0.5) is 4.79 Å². The Balaban J connectivity index is 1.45. The third-order valence-corrected chi connectivity index (χ3v) is 5.48. The molecule has 1 saturated carbocycles. The highest BCUT2D eigenvalue weighted by molar-refractivity contribution is 6.61. The van der Waals surface area contributed by atoms with E-state index in [1.807, 2.05) is 0 Å². The van der Waals surface area contributed by atoms with Gasteiger partial charge in [0.05, 0.1) is 0 Å². The first kappa shape index (κ1) is 15.8. The molecule has 1 aromatic carbocycles. The summed E-state index contributed by atoms with van der Waals surface area (Å²) in [5, 5.41) is 1.71. The molecule has 3 nitrogen and oxygen atoms in total. The Labute approximate surface area is 137 Å². The van der Waals surface area contributed by atoms with Crippen LogP contribution in [0.5, 0.6) is 0 Å². The molecule has 1 aliphatic heterocycles. The van der Waals surface area contributed by atoms with Crippen molar-refractivity contribution in [3.8, 4) is 0 Å². The fourth-order valence-corrected chi connectivity index (χ4v) is 4.29. The van der Waals surface area contributed by atoms with E-state index >= 15 is 0 Å². The van der Waals surface area contributed by atoms with Crippen LogP contribution >= 0.6 is 11.6 Å². The van der Waals surface area contributed by atoms with Crippen LogP contribution in [0.15, 0.2) is 30.3 Å². The highest BCUT2D eigenvalue weighted by Crippen LogP contribution is 2.41. The summed E-state index contributed by atoms with van der Waals surface area (Å²) in [5.41, 5.74) is 0.784. The van der Waals surface area contributed by atoms with E-state index in [0.29, 0.717) is 0 Å². The maximum Gasteiger partial charge on any atom is 0.422 e. The van der Waals surface area contributed by atoms with E-state index in [-0.39, 0.29) is 0 Å². The van der Waals surface area contributed by atoms with Crippen LogP contribution in [0.2, 0.25) is 0 Å². The van der Waals surface area contributed by atoms with Crippen molar-refractivity contribution in [3.63, 3.8) is 0 Å². The molecule has 0 spiro atoms. The SMILES string of the molecule is O=C(Cl)ON1CCC(C2CCC(c3ccccc3)CC2)CC1. The Morgan fingerprint density at radius 1 is 0.955 bits per heavy atom. The first-order chi connectivity index (χ1) is 10.7. The van der Waals surface area contributed by atoms with Gasteiger partial charge < -0.3 is 4.84 Å². The molecule has 1 aromatic rings. The molecule has 0 radical (unpaired) electrons. The van der Waals surface area contributed by atoms with Gasteiger partial charge in [-0.05, 0) is 61.8 Å². The van der Waals surface area contributed by atoms with Crippen LogP contribution in [0, 0.1) is 11.8 Å². The molecule has 0 amide bonds. The second-order valence-electron chi connectivity index (χ2n) is 6.62. The van der Waals surface area contributed by atoms with Gasteiger partial charge in [-0.25, -0.2) is 4.79 Å². The molecular weight excluding hydrogens is 298 g/mol. The number of halogens is 1. The number of piperidine rings is 1. The van der Waals surface area contributed by atoms with Gasteiger partial charge in [-0.1, -0.05) is 30.3 Å². The topological polar surface area (TPSA) is 29.5 Å². The summed E-state index contributed by atoms with van der Waals surface area (Å²) in [5.74, 6) is 2.37. The molecule has 2 fully saturated rings. The summed E-state index contributed by atoms with van der Waals surface area (Å²) in [6.45, 7) is 1.64. The van der Waals surface area contributed by atoms with Crippen molar-refractivity contribution >= 4 is 17.0 Å². The predicted molar refractivity (Wildman–Crippen MR) is 87.8 cm³/mol. The quantitative estimate of drug-likeness (QED) is 0.737. The van der Waals surface area contributed by atoms with Crippen LogP contribution in [-0.2, 0) is 4.84 Å². The lowest BCUT2D eigenvalue weighted by molar-refractivity contribution is -0.113. The number of rotatable bonds is 3. The summed E-state index contributed by atoms with van der Waals surface area (Å²) in [6.07, 6.45) is 7.52. The van der Waals surface area contributed by atoms with E-state index in [2.05, 4.69) is 30.3 Å². The molecule has 0 unspecified atom stereocenters. The van der Waals surface area contributed by atoms with Crippen molar-refractivity contribution in [1.29, 1.82) is 0 Å². The van der Waals surface area contributed by atoms with Gasteiger partial charge in [0, 0.05) is 24.7 Å². The maximum absolute atomic E-state index is 10.8. The molecule has 0 aromatic heterocycles. The monoisotopic (exact) mass is 321 g/mol. The number of hydrogen-bond acceptors (Lipinski definition) is 3. The molecule has 1 aliphatic carbocycles. The molecule has 2 aliphatic rings. The maximum atomic E-state index is 10.8. The normalized spacial score (nSPS) is 27.5. The summed E-state index contributed by atoms with van der Waals surface area (Å²) >= 11 is 5.27. The molecule has 0 bridgehead atoms. The van der Waals surface area contributed by atoms with E-state index in [0.717, 1.165) is 43.7 Å². The first-order valence-corrected chi connectivity index (χ1v) is 8.77. The Hall–Kier alpha value is -1.06. The van der Waals surface area contributed by atoms with Crippen molar-refractivity contribution < 1.29 is 9.63 Å². The van der Waals surface area contributed by atoms with Gasteiger partial charge in [0.1, 0.15) is 0 Å². The number of nitrogens with zero attached hydrogens (tertiary/aromatic N) is 1. The van der Waals surface area contributed by atoms with Crippen molar-refractivity contribution in [3.05, 3.63) is 35.9 Å². The van der Waals surface area contributed by atoms with E-state index < -0.39 is 5.43 Å². The minimum atomic E-state index is -0.721. The number of benzene rings is 1. The van der Waals surface area contributed by atoms with Gasteiger partial charge in [0.2, 0.25) is 0 Å². The van der Waals surface area contributed by atoms with Gasteiger partial charge in [0.25, 0.3) is 0 Å². The lowest BCUT2D eigenvalue weighted by Crippen LogP contribution is -2.37. The minimum Gasteiger partial charge on any atom is -0.355 e. The average Bonchev–Trinajstić information content (AvgIpc) is 2.56. The molecule has 0 N–H and O–H groups in total. The zero-order valence-electron chi connectivity index (χ0n) is 12.9. The van der Waals surface area contributed by atoms with Crippen LogP contribution < -0.4 is 0 Å². The molecule has 0 atom stereocenters. The zero-order valence-corrected chi connectivity index (χ0v) is 13.7. The van der Waals surface area contributed by atoms with Crippen LogP contribution in [-0.4, -0.2) is 23.6 Å². The summed E-state index contributed by atoms with van der Waals surface area (Å²) in [4.78, 5) is 15.7. The third kappa shape index (κ3) is 4.02. The molecule has 3 rings (SSSR count). The van der Waals surface area contributed by atoms with Gasteiger partial charge in [-0.15, -0.1) is 5.06 Å². The fraction of sp³-hybridized carbons (Fsp3) is 0.611. The van der Waals surface area contributed by atoms with Crippen LogP contribution in [0.3, 0.4) is 0 Å². The average molecular weight is 322 g/mol. The zero-order chi connectivity index (χ0) is 15.4. The van der Waals surface area contributed by atoms with Crippen molar-refractivity contribution in [2.75, 3.05) is 13.1 Å². The second-order valence-corrected chi connectivity index (χ2v) is 6.93. The third-order valence-electron chi connectivity index (χ3n) is 5.41. The lowest BCUT2D eigenvalue weighted by atomic mass is 9.71. The molecule has 4 heteroatoms. The Kier molecular flexibility index (Phi) is 5.37. The number of carbonyl (C=O) groups excluding carboxylic acids is 1. The standard InChI is InChI=1S/C18H24ClNO2/c19-18(21)22-20-12-10-17(11-13-20)16-8-6-15(7-9-16)14-4-2-1-3-5-14/h1-5,15-17H,6-13H2. The second kappa shape index (κ2) is 7.47. The Morgan fingerprint density at radius 2 is 1.55 bits per heavy atom. The number of carbonyl (C=O) groups is 1. The van der Waals surface area contributed by atoms with Crippen molar-refractivity contribution in [2.45, 2.75) is 44.4 Å². The molecule has 22 heavy (non-hydrogen) atoms. The van der Waals surface area contributed by atoms with Gasteiger partial charge in [-0.3, -0.25) is 0 Å². The number of hydrogen-bond donors (Lipinski definition) is 0. The Morgan fingerprint density at radius 3 is 2.14 bits per heavy atom. The minimum absolute atomic E-state index is 0.721. The number of hydroxylamine groups is 2. The highest BCUT2D eigenvalue weighted by Gasteiger charge is 2.31. The van der Waals surface area contributed by atoms with Gasteiger partial charge in [-0.2, -0.15) is 0 Å². The van der Waals surface area contributed by atoms with Crippen LogP contribution in [0.25, 0.3) is 0 Å². The molecule has 120 valence electrons.